The lowest BCUT2D eigenvalue weighted by molar-refractivity contribution is 0.0423. The van der Waals surface area contributed by atoms with Crippen LogP contribution in [0, 0.1) is 0 Å². The van der Waals surface area contributed by atoms with Gasteiger partial charge < -0.3 is 20.5 Å². The summed E-state index contributed by atoms with van der Waals surface area (Å²) in [5.74, 6) is 0. The molecule has 5 nitrogen and oxygen atoms in total. The summed E-state index contributed by atoms with van der Waals surface area (Å²) in [5, 5.41) is 15.3. The van der Waals surface area contributed by atoms with E-state index < -0.39 is 50.1 Å². The van der Waals surface area contributed by atoms with Crippen LogP contribution >= 0.6 is 0 Å². The molecule has 1 aromatic rings. The summed E-state index contributed by atoms with van der Waals surface area (Å²) >= 11 is 0. The van der Waals surface area contributed by atoms with E-state index in [-0.39, 0.29) is 6.42 Å². The molecule has 0 bridgehead atoms. The number of amides is 1. The van der Waals surface area contributed by atoms with E-state index in [9.17, 15) is 9.90 Å². The Kier molecular flexibility index (Phi) is 4.58. The highest BCUT2D eigenvalue weighted by Gasteiger charge is 2.24. The molecule has 0 spiro atoms. The zero-order valence-electron chi connectivity index (χ0n) is 20.7. The number of nitrogens with one attached hydrogen (secondary N) is 2. The van der Waals surface area contributed by atoms with Crippen LogP contribution < -0.4 is 10.6 Å². The number of alkyl carbamates (subject to hydrolysis) is 1. The third kappa shape index (κ3) is 8.57. The molecule has 0 saturated carbocycles. The van der Waals surface area contributed by atoms with E-state index in [1.54, 1.807) is 45.0 Å². The molecule has 2 atom stereocenters. The molecular formula is C18H30N2O3. The number of aliphatic hydroxyl groups excluding tert-OH is 1. The van der Waals surface area contributed by atoms with E-state index in [1.165, 1.54) is 0 Å². The van der Waals surface area contributed by atoms with Crippen LogP contribution in [0.15, 0.2) is 30.3 Å². The van der Waals surface area contributed by atoms with Gasteiger partial charge in [-0.2, -0.15) is 0 Å². The Labute approximate surface area is 149 Å². The molecule has 0 saturated heterocycles. The first-order valence-electron chi connectivity index (χ1n) is 10.9. The highest BCUT2D eigenvalue weighted by atomic mass is 16.6. The Morgan fingerprint density at radius 3 is 2.70 bits per heavy atom. The predicted octanol–water partition coefficient (Wildman–Crippen LogP) is 2.48. The minimum atomic E-state index is -3.22. The van der Waals surface area contributed by atoms with Gasteiger partial charge in [-0.05, 0) is 45.6 Å². The lowest BCUT2D eigenvalue weighted by Gasteiger charge is -2.27. The van der Waals surface area contributed by atoms with Gasteiger partial charge in [-0.15, -0.1) is 0 Å². The van der Waals surface area contributed by atoms with Gasteiger partial charge in [0.25, 0.3) is 0 Å². The molecule has 5 heteroatoms. The number of aliphatic hydroxyl groups is 1. The van der Waals surface area contributed by atoms with Crippen LogP contribution in [-0.4, -0.2) is 42.0 Å². The second kappa shape index (κ2) is 9.53. The monoisotopic (exact) mass is 329 g/mol. The minimum absolute atomic E-state index is 0.193. The molecule has 130 valence electrons. The van der Waals surface area contributed by atoms with Crippen molar-refractivity contribution in [2.45, 2.75) is 58.2 Å². The van der Waals surface area contributed by atoms with Crippen molar-refractivity contribution in [2.75, 3.05) is 13.0 Å². The van der Waals surface area contributed by atoms with E-state index >= 15 is 0 Å². The molecule has 0 aliphatic rings. The first-order valence-corrected chi connectivity index (χ1v) is 7.43. The van der Waals surface area contributed by atoms with Crippen molar-refractivity contribution in [1.82, 2.24) is 10.6 Å². The van der Waals surface area contributed by atoms with Gasteiger partial charge in [0.15, 0.2) is 0 Å². The molecule has 0 aliphatic heterocycles. The van der Waals surface area contributed by atoms with Crippen LogP contribution in [0.5, 0.6) is 0 Å². The standard InChI is InChI=1S/C18H30N2O3/c1-5-11-19-13-16(21)15(12-14-9-7-6-8-10-14)20-17(22)23-18(2,3)4/h6-10,15-16,19,21H,5,11-13H2,1-4H3,(H,20,22)/t15-,16+/m0/s1/i1D3,5D2,11D2. The maximum absolute atomic E-state index is 12.2. The van der Waals surface area contributed by atoms with Crippen LogP contribution in [-0.2, 0) is 11.2 Å². The molecule has 0 fully saturated rings. The van der Waals surface area contributed by atoms with Gasteiger partial charge in [-0.3, -0.25) is 0 Å². The number of rotatable bonds is 8. The summed E-state index contributed by atoms with van der Waals surface area (Å²) in [6.45, 7) is -1.63. The molecule has 1 rings (SSSR count). The second-order valence-electron chi connectivity index (χ2n) is 6.14. The topological polar surface area (TPSA) is 70.6 Å². The van der Waals surface area contributed by atoms with E-state index in [0.29, 0.717) is 0 Å². The zero-order valence-corrected chi connectivity index (χ0v) is 13.7. The van der Waals surface area contributed by atoms with Crippen molar-refractivity contribution in [3.63, 3.8) is 0 Å². The second-order valence-corrected chi connectivity index (χ2v) is 6.14. The Morgan fingerprint density at radius 1 is 1.39 bits per heavy atom. The van der Waals surface area contributed by atoms with Gasteiger partial charge >= 0.3 is 6.09 Å². The number of carbonyl (C=O) groups excluding carboxylic acids is 1. The maximum atomic E-state index is 12.2. The van der Waals surface area contributed by atoms with E-state index in [4.69, 9.17) is 14.3 Å². The summed E-state index contributed by atoms with van der Waals surface area (Å²) < 4.78 is 57.7. The van der Waals surface area contributed by atoms with Crippen LogP contribution in [0.25, 0.3) is 0 Å². The Balaban J connectivity index is 2.93. The van der Waals surface area contributed by atoms with Gasteiger partial charge in [-0.1, -0.05) is 37.2 Å². The third-order valence-corrected chi connectivity index (χ3v) is 2.93. The Morgan fingerprint density at radius 2 is 2.09 bits per heavy atom. The fraction of sp³-hybridized carbons (Fsp3) is 0.611. The first kappa shape index (κ1) is 11.0. The number of hydrogen-bond acceptors (Lipinski definition) is 4. The molecule has 0 aliphatic carbocycles. The highest BCUT2D eigenvalue weighted by molar-refractivity contribution is 5.68. The number of benzene rings is 1. The molecule has 0 unspecified atom stereocenters. The van der Waals surface area contributed by atoms with Crippen molar-refractivity contribution in [3.8, 4) is 0 Å². The summed E-state index contributed by atoms with van der Waals surface area (Å²) in [7, 11) is 0. The lowest BCUT2D eigenvalue weighted by Crippen LogP contribution is -2.50. The molecule has 0 heterocycles. The maximum Gasteiger partial charge on any atom is 0.407 e. The Hall–Kier alpha value is -1.59. The third-order valence-electron chi connectivity index (χ3n) is 2.93. The number of ether oxygens (including phenoxy) is 1. The summed E-state index contributed by atoms with van der Waals surface area (Å²) in [4.78, 5) is 12.2. The number of hydrogen-bond donors (Lipinski definition) is 3. The summed E-state index contributed by atoms with van der Waals surface area (Å²) in [6.07, 6.45) is -5.14. The van der Waals surface area contributed by atoms with E-state index in [2.05, 4.69) is 10.6 Å². The quantitative estimate of drug-likeness (QED) is 0.685. The average molecular weight is 329 g/mol. The Bertz CT molecular complexity index is 691. The SMILES string of the molecule is [2H]C([2H])([2H])C([2H])([2H])C([2H])([2H])NC[C@@H](O)[C@H](Cc1ccccc1)NC(=O)OC(C)(C)C. The number of carbonyl (C=O) groups is 1. The normalized spacial score (nSPS) is 20.4. The lowest BCUT2D eigenvalue weighted by atomic mass is 10.0. The van der Waals surface area contributed by atoms with E-state index in [0.717, 1.165) is 5.56 Å². The van der Waals surface area contributed by atoms with Gasteiger partial charge in [-0.25, -0.2) is 4.79 Å². The van der Waals surface area contributed by atoms with Crippen molar-refractivity contribution >= 4 is 6.09 Å². The zero-order chi connectivity index (χ0) is 23.4. The molecule has 1 amide bonds. The van der Waals surface area contributed by atoms with Crippen LogP contribution in [0.1, 0.15) is 49.2 Å². The smallest absolute Gasteiger partial charge is 0.407 e. The molecule has 3 N–H and O–H groups in total. The van der Waals surface area contributed by atoms with E-state index in [1.807, 2.05) is 6.07 Å². The largest absolute Gasteiger partial charge is 0.444 e. The van der Waals surface area contributed by atoms with Crippen molar-refractivity contribution in [2.24, 2.45) is 0 Å². The predicted molar refractivity (Wildman–Crippen MR) is 92.5 cm³/mol. The van der Waals surface area contributed by atoms with Crippen molar-refractivity contribution in [1.29, 1.82) is 0 Å². The molecule has 0 radical (unpaired) electrons. The minimum Gasteiger partial charge on any atom is -0.444 e. The molecular weight excluding hydrogens is 292 g/mol. The summed E-state index contributed by atoms with van der Waals surface area (Å²) in [6, 6.07) is 8.06. The summed E-state index contributed by atoms with van der Waals surface area (Å²) in [5.41, 5.74) is 0.0242. The average Bonchev–Trinajstić information content (AvgIpc) is 2.57. The highest BCUT2D eigenvalue weighted by Crippen LogP contribution is 2.10. The molecule has 0 aromatic heterocycles. The van der Waals surface area contributed by atoms with Gasteiger partial charge in [0.1, 0.15) is 5.60 Å². The van der Waals surface area contributed by atoms with Gasteiger partial charge in [0.2, 0.25) is 0 Å². The van der Waals surface area contributed by atoms with Gasteiger partial charge in [0.05, 0.1) is 12.1 Å². The molecule has 23 heavy (non-hydrogen) atoms. The molecule has 1 aromatic carbocycles. The first-order chi connectivity index (χ1) is 13.5. The van der Waals surface area contributed by atoms with Crippen molar-refractivity contribution in [3.05, 3.63) is 35.9 Å². The fourth-order valence-corrected chi connectivity index (χ4v) is 1.95. The van der Waals surface area contributed by atoms with Crippen molar-refractivity contribution < 1.29 is 24.2 Å². The van der Waals surface area contributed by atoms with Crippen LogP contribution in [0.2, 0.25) is 0 Å². The van der Waals surface area contributed by atoms with Crippen LogP contribution in [0.4, 0.5) is 4.79 Å². The fourth-order valence-electron chi connectivity index (χ4n) is 1.95. The van der Waals surface area contributed by atoms with Crippen LogP contribution in [0.3, 0.4) is 0 Å². The van der Waals surface area contributed by atoms with Gasteiger partial charge in [0, 0.05) is 16.1 Å².